The van der Waals surface area contributed by atoms with Gasteiger partial charge in [0.25, 0.3) is 0 Å². The van der Waals surface area contributed by atoms with Crippen molar-refractivity contribution in [1.82, 2.24) is 4.90 Å². The fraction of sp³-hybridized carbons (Fsp3) is 0.500. The lowest BCUT2D eigenvalue weighted by Gasteiger charge is -2.21. The first-order chi connectivity index (χ1) is 8.67. The number of aliphatic imine (C=N–C) groups is 1. The number of para-hydroxylation sites is 1. The van der Waals surface area contributed by atoms with Gasteiger partial charge in [0.05, 0.1) is 0 Å². The molecule has 0 spiro atoms. The van der Waals surface area contributed by atoms with Gasteiger partial charge in [-0.05, 0) is 26.8 Å². The van der Waals surface area contributed by atoms with E-state index < -0.39 is 0 Å². The van der Waals surface area contributed by atoms with Crippen LogP contribution in [0.1, 0.15) is 32.4 Å². The average Bonchev–Trinajstić information content (AvgIpc) is 2.68. The van der Waals surface area contributed by atoms with Crippen molar-refractivity contribution in [1.29, 1.82) is 0 Å². The third-order valence-corrected chi connectivity index (χ3v) is 3.35. The number of hydrogen-bond acceptors (Lipinski definition) is 2. The second-order valence-corrected chi connectivity index (χ2v) is 4.47. The Morgan fingerprint density at radius 2 is 2.00 bits per heavy atom. The van der Waals surface area contributed by atoms with Crippen LogP contribution in [0.25, 0.3) is 0 Å². The molecule has 4 heteroatoms. The monoisotopic (exact) mass is 247 g/mol. The van der Waals surface area contributed by atoms with Crippen molar-refractivity contribution in [2.75, 3.05) is 13.1 Å². The van der Waals surface area contributed by atoms with Gasteiger partial charge in [0, 0.05) is 18.7 Å². The second kappa shape index (κ2) is 5.29. The van der Waals surface area contributed by atoms with Crippen molar-refractivity contribution in [3.63, 3.8) is 0 Å². The summed E-state index contributed by atoms with van der Waals surface area (Å²) >= 11 is 0. The molecule has 2 rings (SSSR count). The molecule has 0 aliphatic carbocycles. The molecule has 0 radical (unpaired) electrons. The molecule has 2 unspecified atom stereocenters. The Morgan fingerprint density at radius 1 is 1.33 bits per heavy atom. The van der Waals surface area contributed by atoms with Crippen LogP contribution >= 0.6 is 0 Å². The molecule has 0 saturated carbocycles. The van der Waals surface area contributed by atoms with E-state index >= 15 is 0 Å². The largest absolute Gasteiger partial charge is 0.488 e. The molecule has 1 aliphatic heterocycles. The van der Waals surface area contributed by atoms with Crippen molar-refractivity contribution < 1.29 is 4.74 Å². The standard InChI is InChI=1S/C14H21N3O/c1-4-17(5-2)14(15)16-13-10(3)18-12-9-7-6-8-11(12)13/h6-10,13H,4-5H2,1-3H3,(H2,15,16). The van der Waals surface area contributed by atoms with Gasteiger partial charge in [-0.25, -0.2) is 4.99 Å². The molecule has 0 bridgehead atoms. The van der Waals surface area contributed by atoms with Gasteiger partial charge < -0.3 is 15.4 Å². The fourth-order valence-corrected chi connectivity index (χ4v) is 2.30. The van der Waals surface area contributed by atoms with E-state index in [0.717, 1.165) is 24.4 Å². The van der Waals surface area contributed by atoms with Crippen LogP contribution in [-0.2, 0) is 0 Å². The smallest absolute Gasteiger partial charge is 0.191 e. The predicted molar refractivity (Wildman–Crippen MR) is 73.8 cm³/mol. The average molecular weight is 247 g/mol. The highest BCUT2D eigenvalue weighted by molar-refractivity contribution is 5.78. The van der Waals surface area contributed by atoms with Gasteiger partial charge in [-0.3, -0.25) is 0 Å². The van der Waals surface area contributed by atoms with Gasteiger partial charge in [0.1, 0.15) is 17.9 Å². The summed E-state index contributed by atoms with van der Waals surface area (Å²) in [5, 5.41) is 0. The molecule has 1 heterocycles. The fourth-order valence-electron chi connectivity index (χ4n) is 2.30. The van der Waals surface area contributed by atoms with Crippen molar-refractivity contribution in [2.24, 2.45) is 10.7 Å². The van der Waals surface area contributed by atoms with Crippen LogP contribution in [0, 0.1) is 0 Å². The summed E-state index contributed by atoms with van der Waals surface area (Å²) in [6.07, 6.45) is 0.0384. The minimum absolute atomic E-state index is 0.00167. The molecule has 0 saturated heterocycles. The van der Waals surface area contributed by atoms with Crippen LogP contribution < -0.4 is 10.5 Å². The summed E-state index contributed by atoms with van der Waals surface area (Å²) in [5.74, 6) is 1.52. The minimum atomic E-state index is 0.00167. The van der Waals surface area contributed by atoms with E-state index in [4.69, 9.17) is 10.5 Å². The number of ether oxygens (including phenoxy) is 1. The summed E-state index contributed by atoms with van der Waals surface area (Å²) in [6, 6.07) is 8.03. The zero-order valence-corrected chi connectivity index (χ0v) is 11.3. The molecular weight excluding hydrogens is 226 g/mol. The molecule has 2 atom stereocenters. The maximum atomic E-state index is 6.06. The Morgan fingerprint density at radius 3 is 2.67 bits per heavy atom. The topological polar surface area (TPSA) is 50.8 Å². The number of guanidine groups is 1. The summed E-state index contributed by atoms with van der Waals surface area (Å²) < 4.78 is 5.79. The molecule has 0 aromatic heterocycles. The number of nitrogens with two attached hydrogens (primary N) is 1. The summed E-state index contributed by atoms with van der Waals surface area (Å²) in [4.78, 5) is 6.68. The quantitative estimate of drug-likeness (QED) is 0.658. The Kier molecular flexibility index (Phi) is 3.75. The maximum Gasteiger partial charge on any atom is 0.191 e. The van der Waals surface area contributed by atoms with Gasteiger partial charge >= 0.3 is 0 Å². The molecule has 18 heavy (non-hydrogen) atoms. The third kappa shape index (κ3) is 2.28. The first-order valence-electron chi connectivity index (χ1n) is 6.51. The molecular formula is C14H21N3O. The zero-order valence-electron chi connectivity index (χ0n) is 11.3. The Balaban J connectivity index is 2.26. The van der Waals surface area contributed by atoms with E-state index in [1.165, 1.54) is 0 Å². The van der Waals surface area contributed by atoms with Crippen LogP contribution in [0.4, 0.5) is 0 Å². The number of benzene rings is 1. The lowest BCUT2D eigenvalue weighted by Crippen LogP contribution is -2.37. The normalized spacial score (nSPS) is 22.5. The second-order valence-electron chi connectivity index (χ2n) is 4.47. The van der Waals surface area contributed by atoms with Crippen LogP contribution in [-0.4, -0.2) is 30.1 Å². The van der Waals surface area contributed by atoms with E-state index in [1.54, 1.807) is 0 Å². The number of hydrogen-bond donors (Lipinski definition) is 1. The Labute approximate surface area is 108 Å². The minimum Gasteiger partial charge on any atom is -0.488 e. The predicted octanol–water partition coefficient (Wildman–Crippen LogP) is 2.17. The van der Waals surface area contributed by atoms with Crippen molar-refractivity contribution in [2.45, 2.75) is 32.9 Å². The maximum absolute atomic E-state index is 6.06. The molecule has 98 valence electrons. The third-order valence-electron chi connectivity index (χ3n) is 3.35. The summed E-state index contributed by atoms with van der Waals surface area (Å²) in [7, 11) is 0. The molecule has 0 fully saturated rings. The molecule has 1 aromatic rings. The van der Waals surface area contributed by atoms with Crippen molar-refractivity contribution in [3.05, 3.63) is 29.8 Å². The highest BCUT2D eigenvalue weighted by Gasteiger charge is 2.31. The van der Waals surface area contributed by atoms with E-state index in [2.05, 4.69) is 24.9 Å². The van der Waals surface area contributed by atoms with Gasteiger partial charge in [-0.1, -0.05) is 18.2 Å². The van der Waals surface area contributed by atoms with Crippen molar-refractivity contribution in [3.8, 4) is 5.75 Å². The first kappa shape index (κ1) is 12.7. The molecule has 4 nitrogen and oxygen atoms in total. The summed E-state index contributed by atoms with van der Waals surface area (Å²) in [5.41, 5.74) is 7.18. The SMILES string of the molecule is CCN(CC)C(N)=NC1c2ccccc2OC1C. The van der Waals surface area contributed by atoms with Crippen LogP contribution in [0.5, 0.6) is 5.75 Å². The first-order valence-corrected chi connectivity index (χ1v) is 6.51. The van der Waals surface area contributed by atoms with E-state index in [0.29, 0.717) is 5.96 Å². The lowest BCUT2D eigenvalue weighted by atomic mass is 10.1. The van der Waals surface area contributed by atoms with Gasteiger partial charge in [-0.2, -0.15) is 0 Å². The van der Waals surface area contributed by atoms with Crippen LogP contribution in [0.2, 0.25) is 0 Å². The van der Waals surface area contributed by atoms with Gasteiger partial charge in [0.2, 0.25) is 0 Å². The molecule has 1 aromatic carbocycles. The Bertz CT molecular complexity index is 440. The molecule has 0 amide bonds. The number of fused-ring (bicyclic) bond motifs is 1. The highest BCUT2D eigenvalue weighted by Crippen LogP contribution is 2.38. The van der Waals surface area contributed by atoms with Crippen molar-refractivity contribution >= 4 is 5.96 Å². The highest BCUT2D eigenvalue weighted by atomic mass is 16.5. The zero-order chi connectivity index (χ0) is 13.1. The lowest BCUT2D eigenvalue weighted by molar-refractivity contribution is 0.228. The van der Waals surface area contributed by atoms with E-state index in [-0.39, 0.29) is 12.1 Å². The molecule has 1 aliphatic rings. The van der Waals surface area contributed by atoms with E-state index in [9.17, 15) is 0 Å². The van der Waals surface area contributed by atoms with Crippen LogP contribution in [0.15, 0.2) is 29.3 Å². The van der Waals surface area contributed by atoms with Gasteiger partial charge in [-0.15, -0.1) is 0 Å². The Hall–Kier alpha value is -1.71. The van der Waals surface area contributed by atoms with Crippen LogP contribution in [0.3, 0.4) is 0 Å². The van der Waals surface area contributed by atoms with Gasteiger partial charge in [0.15, 0.2) is 5.96 Å². The summed E-state index contributed by atoms with van der Waals surface area (Å²) in [6.45, 7) is 7.93. The number of nitrogens with zero attached hydrogens (tertiary/aromatic N) is 2. The number of rotatable bonds is 3. The molecule has 2 N–H and O–H groups in total. The van der Waals surface area contributed by atoms with E-state index in [1.807, 2.05) is 30.0 Å².